The molecule has 1 aromatic rings. The first-order valence-corrected chi connectivity index (χ1v) is 15.4. The molecule has 0 aromatic heterocycles. The van der Waals surface area contributed by atoms with Crippen LogP contribution >= 0.6 is 20.6 Å². The van der Waals surface area contributed by atoms with Gasteiger partial charge in [-0.25, -0.2) is 0 Å². The quantitative estimate of drug-likeness (QED) is 0.314. The zero-order valence-corrected chi connectivity index (χ0v) is 24.5. The Labute approximate surface area is 209 Å². The van der Waals surface area contributed by atoms with Gasteiger partial charge in [-0.1, -0.05) is 0 Å². The number of hydrogen-bond donors (Lipinski definition) is 0. The van der Waals surface area contributed by atoms with Crippen LogP contribution in [0.4, 0.5) is 0 Å². The van der Waals surface area contributed by atoms with E-state index in [1.54, 1.807) is 0 Å². The SMILES string of the molecule is CCC1(CC)CC(C)(C)c2c1cc1c(c2I(OC(C)=O)OC(C)=O)C(C)(C)CC1(CC)CC. The number of hydrogen-bond acceptors (Lipinski definition) is 4. The van der Waals surface area contributed by atoms with Crippen molar-refractivity contribution in [2.45, 2.75) is 129 Å². The van der Waals surface area contributed by atoms with E-state index in [2.05, 4.69) is 61.5 Å². The minimum atomic E-state index is -3.05. The molecule has 0 saturated heterocycles. The van der Waals surface area contributed by atoms with Crippen molar-refractivity contribution in [2.75, 3.05) is 0 Å². The Morgan fingerprint density at radius 2 is 1.09 bits per heavy atom. The van der Waals surface area contributed by atoms with Crippen LogP contribution in [0.25, 0.3) is 0 Å². The number of fused-ring (bicyclic) bond motifs is 2. The number of carbonyl (C=O) groups excluding carboxylic acids is 2. The molecule has 2 aliphatic rings. The predicted octanol–water partition coefficient (Wildman–Crippen LogP) is 7.80. The Bertz CT molecular complexity index is 879. The summed E-state index contributed by atoms with van der Waals surface area (Å²) in [5.41, 5.74) is 5.45. The molecule has 0 N–H and O–H groups in total. The fourth-order valence-corrected chi connectivity index (χ4v) is 11.7. The molecular formula is C28H43IO4. The van der Waals surface area contributed by atoms with Crippen LogP contribution in [0.3, 0.4) is 0 Å². The van der Waals surface area contributed by atoms with E-state index in [4.69, 9.17) is 6.13 Å². The third-order valence-corrected chi connectivity index (χ3v) is 12.5. The summed E-state index contributed by atoms with van der Waals surface area (Å²) in [6, 6.07) is 2.54. The molecule has 4 nitrogen and oxygen atoms in total. The van der Waals surface area contributed by atoms with Crippen LogP contribution in [0.2, 0.25) is 0 Å². The first-order chi connectivity index (χ1) is 15.2. The van der Waals surface area contributed by atoms with Crippen molar-refractivity contribution in [3.05, 3.63) is 31.9 Å². The summed E-state index contributed by atoms with van der Waals surface area (Å²) < 4.78 is 13.0. The van der Waals surface area contributed by atoms with Gasteiger partial charge in [-0.2, -0.15) is 0 Å². The molecule has 0 amide bonds. The summed E-state index contributed by atoms with van der Waals surface area (Å²) >= 11 is -3.05. The molecule has 0 aliphatic heterocycles. The van der Waals surface area contributed by atoms with Gasteiger partial charge in [0.25, 0.3) is 0 Å². The molecule has 0 fully saturated rings. The summed E-state index contributed by atoms with van der Waals surface area (Å²) in [6.45, 7) is 21.3. The van der Waals surface area contributed by atoms with Crippen LogP contribution < -0.4 is 0 Å². The third-order valence-electron chi connectivity index (χ3n) is 8.54. The Morgan fingerprint density at radius 3 is 1.36 bits per heavy atom. The van der Waals surface area contributed by atoms with Crippen LogP contribution in [0.5, 0.6) is 0 Å². The molecule has 0 spiro atoms. The van der Waals surface area contributed by atoms with Crippen molar-refractivity contribution in [2.24, 2.45) is 0 Å². The fraction of sp³-hybridized carbons (Fsp3) is 0.714. The van der Waals surface area contributed by atoms with Gasteiger partial charge in [-0.15, -0.1) is 0 Å². The molecule has 186 valence electrons. The molecule has 5 heteroatoms. The molecule has 0 bridgehead atoms. The van der Waals surface area contributed by atoms with E-state index in [9.17, 15) is 9.59 Å². The molecule has 1 aromatic carbocycles. The first-order valence-electron chi connectivity index (χ1n) is 12.5. The Kier molecular flexibility index (Phi) is 7.09. The van der Waals surface area contributed by atoms with Gasteiger partial charge in [0.2, 0.25) is 0 Å². The molecular weight excluding hydrogens is 527 g/mol. The predicted molar refractivity (Wildman–Crippen MR) is 142 cm³/mol. The van der Waals surface area contributed by atoms with Gasteiger partial charge < -0.3 is 0 Å². The average molecular weight is 571 g/mol. The molecule has 0 heterocycles. The van der Waals surface area contributed by atoms with Gasteiger partial charge in [0.15, 0.2) is 0 Å². The average Bonchev–Trinajstić information content (AvgIpc) is 3.10. The summed E-state index contributed by atoms with van der Waals surface area (Å²) in [6.07, 6.45) is 6.41. The Morgan fingerprint density at radius 1 is 0.758 bits per heavy atom. The molecule has 0 unspecified atom stereocenters. The number of carbonyl (C=O) groups is 2. The van der Waals surface area contributed by atoms with E-state index in [0.29, 0.717) is 0 Å². The standard InChI is InChI=1S/C28H43IO4/c1-11-27(12-2)16-25(7,8)22-20(27)15-21-23(26(9,10)17-28(21,13-3)14-4)24(22)29(32-18(5)30)33-19(6)31/h15H,11-14,16-17H2,1-10H3. The number of halogens is 1. The number of rotatable bonds is 7. The maximum absolute atomic E-state index is 12.2. The van der Waals surface area contributed by atoms with Crippen LogP contribution in [0.15, 0.2) is 6.07 Å². The van der Waals surface area contributed by atoms with Crippen molar-refractivity contribution in [1.29, 1.82) is 0 Å². The maximum atomic E-state index is 12.2. The third kappa shape index (κ3) is 4.14. The second kappa shape index (κ2) is 8.83. The molecule has 2 aliphatic carbocycles. The zero-order chi connectivity index (χ0) is 25.0. The van der Waals surface area contributed by atoms with Crippen LogP contribution in [-0.2, 0) is 37.4 Å². The van der Waals surface area contributed by atoms with E-state index in [1.807, 2.05) is 0 Å². The normalized spacial score (nSPS) is 21.2. The summed E-state index contributed by atoms with van der Waals surface area (Å²) in [7, 11) is 0. The molecule has 0 saturated carbocycles. The van der Waals surface area contributed by atoms with E-state index >= 15 is 0 Å². The second-order valence-electron chi connectivity index (χ2n) is 11.5. The molecule has 0 radical (unpaired) electrons. The van der Waals surface area contributed by atoms with E-state index in [0.717, 1.165) is 42.1 Å². The zero-order valence-electron chi connectivity index (χ0n) is 22.3. The first kappa shape index (κ1) is 26.5. The van der Waals surface area contributed by atoms with Crippen molar-refractivity contribution >= 4 is 32.6 Å². The molecule has 3 rings (SSSR count). The Balaban J connectivity index is 2.53. The van der Waals surface area contributed by atoms with Gasteiger partial charge in [0, 0.05) is 0 Å². The van der Waals surface area contributed by atoms with Gasteiger partial charge in [-0.3, -0.25) is 0 Å². The Hall–Kier alpha value is -1.11. The van der Waals surface area contributed by atoms with Crippen LogP contribution in [-0.4, -0.2) is 11.9 Å². The van der Waals surface area contributed by atoms with E-state index in [1.165, 1.54) is 36.1 Å². The van der Waals surface area contributed by atoms with Crippen molar-refractivity contribution in [3.63, 3.8) is 0 Å². The van der Waals surface area contributed by atoms with Gasteiger partial charge in [0.1, 0.15) is 0 Å². The van der Waals surface area contributed by atoms with Gasteiger partial charge in [0.05, 0.1) is 0 Å². The van der Waals surface area contributed by atoms with E-state index < -0.39 is 20.6 Å². The van der Waals surface area contributed by atoms with Crippen molar-refractivity contribution in [1.82, 2.24) is 0 Å². The number of benzene rings is 1. The second-order valence-corrected chi connectivity index (χ2v) is 14.7. The topological polar surface area (TPSA) is 52.6 Å². The van der Waals surface area contributed by atoms with Crippen LogP contribution in [0.1, 0.15) is 130 Å². The molecule has 33 heavy (non-hydrogen) atoms. The minimum absolute atomic E-state index is 0.0818. The van der Waals surface area contributed by atoms with Gasteiger partial charge in [-0.05, 0) is 0 Å². The van der Waals surface area contributed by atoms with Gasteiger partial charge >= 0.3 is 210 Å². The van der Waals surface area contributed by atoms with Crippen LogP contribution in [0, 0.1) is 3.57 Å². The monoisotopic (exact) mass is 570 g/mol. The molecule has 0 atom stereocenters. The van der Waals surface area contributed by atoms with E-state index in [-0.39, 0.29) is 33.6 Å². The summed E-state index contributed by atoms with van der Waals surface area (Å²) in [5, 5.41) is 0. The van der Waals surface area contributed by atoms with Crippen molar-refractivity contribution in [3.8, 4) is 0 Å². The fourth-order valence-electron chi connectivity index (χ4n) is 7.08. The summed E-state index contributed by atoms with van der Waals surface area (Å²) in [4.78, 5) is 24.5. The summed E-state index contributed by atoms with van der Waals surface area (Å²) in [5.74, 6) is -0.734. The van der Waals surface area contributed by atoms with Crippen molar-refractivity contribution < 1.29 is 15.7 Å².